The highest BCUT2D eigenvalue weighted by Crippen LogP contribution is 2.19. The maximum absolute atomic E-state index is 12.1. The number of carbonyl (C=O) groups is 2. The average Bonchev–Trinajstić information content (AvgIpc) is 2.46. The molecule has 1 saturated heterocycles. The van der Waals surface area contributed by atoms with Gasteiger partial charge in [-0.15, -0.1) is 0 Å². The molecule has 2 rings (SSSR count). The Kier molecular flexibility index (Phi) is 5.32. The Morgan fingerprint density at radius 1 is 1.33 bits per heavy atom. The summed E-state index contributed by atoms with van der Waals surface area (Å²) in [7, 11) is 0. The Hall–Kier alpha value is -1.89. The Bertz CT molecular complexity index is 568. The van der Waals surface area contributed by atoms with E-state index in [4.69, 9.17) is 21.4 Å². The lowest BCUT2D eigenvalue weighted by Crippen LogP contribution is -2.48. The van der Waals surface area contributed by atoms with E-state index in [9.17, 15) is 9.59 Å². The summed E-state index contributed by atoms with van der Waals surface area (Å²) in [6, 6.07) is 4.72. The fraction of sp³-hybridized carbons (Fsp3) is 0.286. The lowest BCUT2D eigenvalue weighted by molar-refractivity contribution is -0.131. The molecule has 1 amide bonds. The first kappa shape index (κ1) is 15.5. The van der Waals surface area contributed by atoms with E-state index >= 15 is 0 Å². The van der Waals surface area contributed by atoms with Gasteiger partial charge >= 0.3 is 5.97 Å². The predicted molar refractivity (Wildman–Crippen MR) is 78.0 cm³/mol. The number of morpholine rings is 1. The number of hydrogen-bond donors (Lipinski definition) is 2. The van der Waals surface area contributed by atoms with Crippen molar-refractivity contribution in [1.29, 1.82) is 0 Å². The Labute approximate surface area is 126 Å². The zero-order chi connectivity index (χ0) is 15.2. The first-order valence-corrected chi connectivity index (χ1v) is 6.78. The summed E-state index contributed by atoms with van der Waals surface area (Å²) >= 11 is 6.04. The molecule has 0 aliphatic carbocycles. The van der Waals surface area contributed by atoms with Crippen LogP contribution in [-0.4, -0.2) is 48.3 Å². The summed E-state index contributed by atoms with van der Waals surface area (Å²) in [5, 5.41) is 10.7. The van der Waals surface area contributed by atoms with Crippen LogP contribution in [0.25, 0.3) is 6.08 Å². The van der Waals surface area contributed by atoms with E-state index in [1.807, 2.05) is 0 Å². The fourth-order valence-corrected chi connectivity index (χ4v) is 2.09. The van der Waals surface area contributed by atoms with E-state index in [0.717, 1.165) is 6.08 Å². The van der Waals surface area contributed by atoms with Crippen LogP contribution in [0.15, 0.2) is 24.3 Å². The van der Waals surface area contributed by atoms with E-state index in [2.05, 4.69) is 5.43 Å². The predicted octanol–water partition coefficient (Wildman–Crippen LogP) is 1.41. The Morgan fingerprint density at radius 2 is 2.05 bits per heavy atom. The minimum atomic E-state index is -1.06. The molecule has 1 aliphatic heterocycles. The van der Waals surface area contributed by atoms with Gasteiger partial charge in [-0.1, -0.05) is 17.7 Å². The number of carboxylic acids is 1. The number of nitrogens with one attached hydrogen (secondary N) is 1. The highest BCUT2D eigenvalue weighted by atomic mass is 35.5. The van der Waals surface area contributed by atoms with Crippen molar-refractivity contribution in [1.82, 2.24) is 10.4 Å². The molecule has 1 aromatic rings. The topological polar surface area (TPSA) is 78.9 Å². The first-order valence-electron chi connectivity index (χ1n) is 6.40. The van der Waals surface area contributed by atoms with Crippen molar-refractivity contribution in [3.8, 4) is 0 Å². The molecule has 1 fully saturated rings. The zero-order valence-electron chi connectivity index (χ0n) is 11.2. The van der Waals surface area contributed by atoms with E-state index in [1.54, 1.807) is 17.1 Å². The molecule has 112 valence electrons. The monoisotopic (exact) mass is 310 g/mol. The van der Waals surface area contributed by atoms with Gasteiger partial charge in [-0.2, -0.15) is 0 Å². The second-order valence-corrected chi connectivity index (χ2v) is 4.86. The molecule has 1 aliphatic rings. The molecule has 7 heteroatoms. The molecule has 0 saturated carbocycles. The highest BCUT2D eigenvalue weighted by molar-refractivity contribution is 6.32. The number of nitrogens with zero attached hydrogens (tertiary/aromatic N) is 1. The second kappa shape index (κ2) is 7.21. The highest BCUT2D eigenvalue weighted by Gasteiger charge is 2.14. The molecular formula is C14H15ClN2O4. The maximum Gasteiger partial charge on any atom is 0.328 e. The molecule has 0 aromatic heterocycles. The molecule has 0 spiro atoms. The molecule has 0 unspecified atom stereocenters. The number of hydrogen-bond acceptors (Lipinski definition) is 4. The van der Waals surface area contributed by atoms with E-state index in [-0.39, 0.29) is 5.91 Å². The van der Waals surface area contributed by atoms with Crippen LogP contribution in [0.4, 0.5) is 0 Å². The van der Waals surface area contributed by atoms with Gasteiger partial charge < -0.3 is 9.84 Å². The van der Waals surface area contributed by atoms with E-state index in [1.165, 1.54) is 12.1 Å². The van der Waals surface area contributed by atoms with Crippen LogP contribution in [0.2, 0.25) is 5.02 Å². The van der Waals surface area contributed by atoms with Gasteiger partial charge in [0.1, 0.15) is 0 Å². The number of amides is 1. The number of carbonyl (C=O) groups excluding carboxylic acids is 1. The molecule has 2 N–H and O–H groups in total. The van der Waals surface area contributed by atoms with Crippen molar-refractivity contribution in [3.05, 3.63) is 40.4 Å². The number of ether oxygens (including phenoxy) is 1. The largest absolute Gasteiger partial charge is 0.478 e. The summed E-state index contributed by atoms with van der Waals surface area (Å²) < 4.78 is 5.20. The quantitative estimate of drug-likeness (QED) is 0.822. The lowest BCUT2D eigenvalue weighted by atomic mass is 10.1. The third-order valence-electron chi connectivity index (χ3n) is 2.94. The lowest BCUT2D eigenvalue weighted by Gasteiger charge is -2.26. The Balaban J connectivity index is 2.04. The molecule has 0 atom stereocenters. The summed E-state index contributed by atoms with van der Waals surface area (Å²) in [4.78, 5) is 22.5. The van der Waals surface area contributed by atoms with Crippen molar-refractivity contribution in [2.75, 3.05) is 26.3 Å². The van der Waals surface area contributed by atoms with Crippen molar-refractivity contribution >= 4 is 29.6 Å². The normalized spacial score (nSPS) is 16.0. The molecule has 0 radical (unpaired) electrons. The van der Waals surface area contributed by atoms with Gasteiger partial charge in [0.2, 0.25) is 0 Å². The number of benzene rings is 1. The third-order valence-corrected chi connectivity index (χ3v) is 3.27. The van der Waals surface area contributed by atoms with Crippen molar-refractivity contribution in [3.63, 3.8) is 0 Å². The minimum absolute atomic E-state index is 0.257. The number of halogens is 1. The summed E-state index contributed by atoms with van der Waals surface area (Å²) in [5.74, 6) is -1.31. The van der Waals surface area contributed by atoms with Gasteiger partial charge in [0, 0.05) is 29.8 Å². The van der Waals surface area contributed by atoms with Crippen molar-refractivity contribution < 1.29 is 19.4 Å². The third kappa shape index (κ3) is 4.56. The van der Waals surface area contributed by atoms with E-state index < -0.39 is 5.97 Å². The standard InChI is InChI=1S/C14H15ClN2O4/c15-12-9-11(2-1-10(12)3-4-13(18)19)14(20)16-17-5-7-21-8-6-17/h1-4,9H,5-8H2,(H,16,20)(H,18,19)/b4-3+. The summed E-state index contributed by atoms with van der Waals surface area (Å²) in [6.45, 7) is 2.44. The number of aliphatic carboxylic acids is 1. The number of carboxylic acid groups (broad SMARTS) is 1. The van der Waals surface area contributed by atoms with Gasteiger partial charge in [0.25, 0.3) is 5.91 Å². The van der Waals surface area contributed by atoms with Crippen LogP contribution in [0.1, 0.15) is 15.9 Å². The van der Waals surface area contributed by atoms with Gasteiger partial charge in [-0.05, 0) is 23.8 Å². The molecule has 21 heavy (non-hydrogen) atoms. The van der Waals surface area contributed by atoms with Crippen LogP contribution < -0.4 is 5.43 Å². The SMILES string of the molecule is O=C(O)/C=C/c1ccc(C(=O)NN2CCOCC2)cc1Cl. The van der Waals surface area contributed by atoms with Crippen molar-refractivity contribution in [2.24, 2.45) is 0 Å². The fourth-order valence-electron chi connectivity index (χ4n) is 1.85. The summed E-state index contributed by atoms with van der Waals surface area (Å²) in [5.41, 5.74) is 3.73. The van der Waals surface area contributed by atoms with Gasteiger partial charge in [-0.3, -0.25) is 10.2 Å². The zero-order valence-corrected chi connectivity index (χ0v) is 12.0. The number of rotatable bonds is 4. The van der Waals surface area contributed by atoms with Crippen LogP contribution in [0.3, 0.4) is 0 Å². The molecule has 6 nitrogen and oxygen atoms in total. The van der Waals surface area contributed by atoms with Crippen molar-refractivity contribution in [2.45, 2.75) is 0 Å². The van der Waals surface area contributed by atoms with Crippen LogP contribution in [-0.2, 0) is 9.53 Å². The van der Waals surface area contributed by atoms with Gasteiger partial charge in [0.05, 0.1) is 13.2 Å². The minimum Gasteiger partial charge on any atom is -0.478 e. The number of hydrazine groups is 1. The molecule has 0 bridgehead atoms. The smallest absolute Gasteiger partial charge is 0.328 e. The van der Waals surface area contributed by atoms with Crippen LogP contribution in [0, 0.1) is 0 Å². The van der Waals surface area contributed by atoms with E-state index in [0.29, 0.717) is 42.5 Å². The van der Waals surface area contributed by atoms with Gasteiger partial charge in [0.15, 0.2) is 0 Å². The summed E-state index contributed by atoms with van der Waals surface area (Å²) in [6.07, 6.45) is 2.38. The van der Waals surface area contributed by atoms with Crippen LogP contribution in [0.5, 0.6) is 0 Å². The Morgan fingerprint density at radius 3 is 2.67 bits per heavy atom. The average molecular weight is 311 g/mol. The molecule has 1 heterocycles. The first-order chi connectivity index (χ1) is 10.1. The molecule has 1 aromatic carbocycles. The maximum atomic E-state index is 12.1. The van der Waals surface area contributed by atoms with Gasteiger partial charge in [-0.25, -0.2) is 9.80 Å². The molecular weight excluding hydrogens is 296 g/mol. The van der Waals surface area contributed by atoms with Crippen LogP contribution >= 0.6 is 11.6 Å². The second-order valence-electron chi connectivity index (χ2n) is 4.45.